The fourth-order valence-electron chi connectivity index (χ4n) is 2.69. The molecule has 1 aliphatic rings. The van der Waals surface area contributed by atoms with Gasteiger partial charge in [0.1, 0.15) is 0 Å². The third kappa shape index (κ3) is 2.74. The molecule has 0 aliphatic carbocycles. The Morgan fingerprint density at radius 1 is 1.43 bits per heavy atom. The number of rotatable bonds is 2. The van der Waals surface area contributed by atoms with Gasteiger partial charge < -0.3 is 9.63 Å². The normalized spacial score (nSPS) is 18.7. The first kappa shape index (κ1) is 13.6. The molecule has 1 unspecified atom stereocenters. The Hall–Kier alpha value is -2.37. The Kier molecular flexibility index (Phi) is 3.60. The van der Waals surface area contributed by atoms with Gasteiger partial charge in [-0.25, -0.2) is 4.79 Å². The molecule has 2 heterocycles. The maximum absolute atomic E-state index is 11.3. The SMILES string of the molecule is Cc1cccc(-c2nc(C3CCCCN3C(=O)O)no2)c1. The number of aryl methyl sites for hydroxylation is 1. The second-order valence-electron chi connectivity index (χ2n) is 5.31. The van der Waals surface area contributed by atoms with Gasteiger partial charge in [-0.3, -0.25) is 4.90 Å². The molecule has 1 atom stereocenters. The van der Waals surface area contributed by atoms with Crippen LogP contribution in [0.15, 0.2) is 28.8 Å². The number of nitrogens with zero attached hydrogens (tertiary/aromatic N) is 3. The zero-order chi connectivity index (χ0) is 14.8. The summed E-state index contributed by atoms with van der Waals surface area (Å²) in [5.41, 5.74) is 1.96. The number of benzene rings is 1. The Balaban J connectivity index is 1.88. The van der Waals surface area contributed by atoms with Crippen molar-refractivity contribution in [3.8, 4) is 11.5 Å². The molecule has 1 saturated heterocycles. The van der Waals surface area contributed by atoms with Crippen LogP contribution in [0, 0.1) is 6.92 Å². The monoisotopic (exact) mass is 287 g/mol. The summed E-state index contributed by atoms with van der Waals surface area (Å²) in [4.78, 5) is 17.1. The van der Waals surface area contributed by atoms with Crippen molar-refractivity contribution < 1.29 is 14.4 Å². The highest BCUT2D eigenvalue weighted by atomic mass is 16.5. The van der Waals surface area contributed by atoms with Crippen molar-refractivity contribution in [2.45, 2.75) is 32.2 Å². The van der Waals surface area contributed by atoms with Crippen LogP contribution in [0.4, 0.5) is 4.79 Å². The summed E-state index contributed by atoms with van der Waals surface area (Å²) in [7, 11) is 0. The van der Waals surface area contributed by atoms with Crippen molar-refractivity contribution in [2.75, 3.05) is 6.54 Å². The fourth-order valence-corrected chi connectivity index (χ4v) is 2.69. The Morgan fingerprint density at radius 2 is 2.29 bits per heavy atom. The number of hydrogen-bond donors (Lipinski definition) is 1. The van der Waals surface area contributed by atoms with E-state index in [4.69, 9.17) is 4.52 Å². The van der Waals surface area contributed by atoms with Crippen LogP contribution in [-0.2, 0) is 0 Å². The van der Waals surface area contributed by atoms with Crippen molar-refractivity contribution in [3.63, 3.8) is 0 Å². The zero-order valence-electron chi connectivity index (χ0n) is 11.8. The van der Waals surface area contributed by atoms with Crippen LogP contribution in [0.5, 0.6) is 0 Å². The van der Waals surface area contributed by atoms with Crippen LogP contribution in [0.2, 0.25) is 0 Å². The lowest BCUT2D eigenvalue weighted by Crippen LogP contribution is -2.37. The van der Waals surface area contributed by atoms with Crippen molar-refractivity contribution >= 4 is 6.09 Å². The van der Waals surface area contributed by atoms with E-state index < -0.39 is 6.09 Å². The summed E-state index contributed by atoms with van der Waals surface area (Å²) in [5.74, 6) is 0.887. The number of piperidine rings is 1. The van der Waals surface area contributed by atoms with Gasteiger partial charge in [0.25, 0.3) is 5.89 Å². The predicted octanol–water partition coefficient (Wildman–Crippen LogP) is 3.25. The minimum atomic E-state index is -0.929. The molecular weight excluding hydrogens is 270 g/mol. The number of hydrogen-bond acceptors (Lipinski definition) is 4. The zero-order valence-corrected chi connectivity index (χ0v) is 11.8. The van der Waals surface area contributed by atoms with Crippen molar-refractivity contribution in [1.29, 1.82) is 0 Å². The summed E-state index contributed by atoms with van der Waals surface area (Å²) in [6.45, 7) is 2.52. The van der Waals surface area contributed by atoms with E-state index in [2.05, 4.69) is 10.1 Å². The number of carboxylic acid groups (broad SMARTS) is 1. The number of amides is 1. The third-order valence-corrected chi connectivity index (χ3v) is 3.75. The summed E-state index contributed by atoms with van der Waals surface area (Å²) < 4.78 is 5.31. The molecule has 0 spiro atoms. The molecule has 1 amide bonds. The highest BCUT2D eigenvalue weighted by molar-refractivity contribution is 5.65. The Morgan fingerprint density at radius 3 is 3.05 bits per heavy atom. The maximum Gasteiger partial charge on any atom is 0.407 e. The Bertz CT molecular complexity index is 653. The molecular formula is C15H17N3O3. The molecule has 1 aromatic heterocycles. The second kappa shape index (κ2) is 5.55. The lowest BCUT2D eigenvalue weighted by Gasteiger charge is -2.31. The molecule has 2 aromatic rings. The van der Waals surface area contributed by atoms with Gasteiger partial charge in [-0.2, -0.15) is 4.98 Å². The van der Waals surface area contributed by atoms with E-state index >= 15 is 0 Å². The van der Waals surface area contributed by atoms with Crippen LogP contribution >= 0.6 is 0 Å². The summed E-state index contributed by atoms with van der Waals surface area (Å²) in [6.07, 6.45) is 1.66. The smallest absolute Gasteiger partial charge is 0.407 e. The second-order valence-corrected chi connectivity index (χ2v) is 5.31. The minimum Gasteiger partial charge on any atom is -0.465 e. The topological polar surface area (TPSA) is 79.5 Å². The summed E-state index contributed by atoms with van der Waals surface area (Å²) in [5, 5.41) is 13.3. The molecule has 1 aromatic carbocycles. The van der Waals surface area contributed by atoms with Gasteiger partial charge in [-0.05, 0) is 38.3 Å². The summed E-state index contributed by atoms with van der Waals surface area (Å²) >= 11 is 0. The molecule has 6 nitrogen and oxygen atoms in total. The average Bonchev–Trinajstić information content (AvgIpc) is 2.97. The predicted molar refractivity (Wildman–Crippen MR) is 75.8 cm³/mol. The van der Waals surface area contributed by atoms with E-state index in [1.54, 1.807) is 0 Å². The molecule has 21 heavy (non-hydrogen) atoms. The lowest BCUT2D eigenvalue weighted by molar-refractivity contribution is 0.103. The highest BCUT2D eigenvalue weighted by Gasteiger charge is 2.31. The number of carbonyl (C=O) groups is 1. The van der Waals surface area contributed by atoms with Gasteiger partial charge in [0.15, 0.2) is 5.82 Å². The Labute approximate surface area is 122 Å². The molecule has 3 rings (SSSR count). The van der Waals surface area contributed by atoms with E-state index in [1.165, 1.54) is 4.90 Å². The van der Waals surface area contributed by atoms with E-state index in [0.717, 1.165) is 30.4 Å². The standard InChI is InChI=1S/C15H17N3O3/c1-10-5-4-6-11(9-10)14-16-13(17-21-14)12-7-2-3-8-18(12)15(19)20/h4-6,9,12H,2-3,7-8H2,1H3,(H,19,20). The molecule has 0 bridgehead atoms. The molecule has 1 N–H and O–H groups in total. The van der Waals surface area contributed by atoms with Crippen LogP contribution in [0.25, 0.3) is 11.5 Å². The number of likely N-dealkylation sites (tertiary alicyclic amines) is 1. The van der Waals surface area contributed by atoms with Gasteiger partial charge in [0.2, 0.25) is 0 Å². The van der Waals surface area contributed by atoms with Crippen molar-refractivity contribution in [2.24, 2.45) is 0 Å². The van der Waals surface area contributed by atoms with Gasteiger partial charge in [0.05, 0.1) is 6.04 Å². The van der Waals surface area contributed by atoms with E-state index in [1.807, 2.05) is 31.2 Å². The summed E-state index contributed by atoms with van der Waals surface area (Å²) in [6, 6.07) is 7.48. The molecule has 110 valence electrons. The van der Waals surface area contributed by atoms with Crippen LogP contribution < -0.4 is 0 Å². The fraction of sp³-hybridized carbons (Fsp3) is 0.400. The first-order valence-corrected chi connectivity index (χ1v) is 7.05. The molecule has 6 heteroatoms. The molecule has 1 fully saturated rings. The van der Waals surface area contributed by atoms with Gasteiger partial charge >= 0.3 is 6.09 Å². The van der Waals surface area contributed by atoms with E-state index in [0.29, 0.717) is 18.3 Å². The largest absolute Gasteiger partial charge is 0.465 e. The lowest BCUT2D eigenvalue weighted by atomic mass is 10.0. The van der Waals surface area contributed by atoms with Crippen molar-refractivity contribution in [1.82, 2.24) is 15.0 Å². The van der Waals surface area contributed by atoms with E-state index in [9.17, 15) is 9.90 Å². The first-order valence-electron chi connectivity index (χ1n) is 7.05. The van der Waals surface area contributed by atoms with Crippen LogP contribution in [0.3, 0.4) is 0 Å². The maximum atomic E-state index is 11.3. The molecule has 1 aliphatic heterocycles. The van der Waals surface area contributed by atoms with Crippen LogP contribution in [0.1, 0.15) is 36.7 Å². The van der Waals surface area contributed by atoms with Gasteiger partial charge in [0, 0.05) is 12.1 Å². The third-order valence-electron chi connectivity index (χ3n) is 3.75. The molecule has 0 saturated carbocycles. The van der Waals surface area contributed by atoms with Gasteiger partial charge in [-0.1, -0.05) is 22.9 Å². The quantitative estimate of drug-likeness (QED) is 0.917. The molecule has 0 radical (unpaired) electrons. The average molecular weight is 287 g/mol. The highest BCUT2D eigenvalue weighted by Crippen LogP contribution is 2.30. The van der Waals surface area contributed by atoms with Gasteiger partial charge in [-0.15, -0.1) is 0 Å². The first-order chi connectivity index (χ1) is 10.1. The minimum absolute atomic E-state index is 0.307. The number of aromatic nitrogens is 2. The van der Waals surface area contributed by atoms with E-state index in [-0.39, 0.29) is 6.04 Å². The van der Waals surface area contributed by atoms with Crippen molar-refractivity contribution in [3.05, 3.63) is 35.7 Å². The van der Waals surface area contributed by atoms with Crippen LogP contribution in [-0.4, -0.2) is 32.8 Å².